The highest BCUT2D eigenvalue weighted by molar-refractivity contribution is 5.96. The number of fused-ring (bicyclic) bond motifs is 4. The van der Waals surface area contributed by atoms with Crippen LogP contribution in [0.1, 0.15) is 90.4 Å². The average molecular weight is 552 g/mol. The predicted octanol–water partition coefficient (Wildman–Crippen LogP) is 5.48. The quantitative estimate of drug-likeness (QED) is 0.482. The van der Waals surface area contributed by atoms with Crippen LogP contribution in [0, 0.1) is 11.8 Å². The molecule has 2 saturated carbocycles. The molecular formula is C32H45N3O5. The van der Waals surface area contributed by atoms with Crippen molar-refractivity contribution in [2.24, 2.45) is 11.8 Å². The van der Waals surface area contributed by atoms with Crippen LogP contribution >= 0.6 is 0 Å². The number of hydrogen-bond donors (Lipinski definition) is 1. The van der Waals surface area contributed by atoms with E-state index in [2.05, 4.69) is 4.90 Å². The van der Waals surface area contributed by atoms with Crippen LogP contribution < -0.4 is 9.64 Å². The van der Waals surface area contributed by atoms with E-state index >= 15 is 0 Å². The van der Waals surface area contributed by atoms with E-state index in [0.29, 0.717) is 36.8 Å². The number of ketones is 1. The van der Waals surface area contributed by atoms with E-state index < -0.39 is 12.6 Å². The minimum Gasteiger partial charge on any atom is -0.482 e. The summed E-state index contributed by atoms with van der Waals surface area (Å²) in [6.45, 7) is 1.75. The molecule has 0 aromatic heterocycles. The van der Waals surface area contributed by atoms with Crippen molar-refractivity contribution in [1.29, 1.82) is 0 Å². The number of amides is 2. The van der Waals surface area contributed by atoms with Gasteiger partial charge in [-0.3, -0.25) is 14.6 Å². The second-order valence-corrected chi connectivity index (χ2v) is 13.1. The minimum atomic E-state index is -1.04. The number of carboxylic acid groups (broad SMARTS) is 1. The summed E-state index contributed by atoms with van der Waals surface area (Å²) in [5, 5.41) is 9.11. The number of nitrogens with zero attached hydrogens (tertiary/aromatic N) is 3. The SMILES string of the molecule is CC(=O)[C@H]1CCCN1C(=O)N(c1cccc(OCC(=O)O)c1)[C@H]1C[C@H]2CCC[C@@H](C1)N2[C@H]1C[C@@H]2CCC[C@@H](C2)C1. The Morgan fingerprint density at radius 3 is 2.27 bits per heavy atom. The fraction of sp³-hybridized carbons (Fsp3) is 0.719. The topological polar surface area (TPSA) is 90.4 Å². The molecule has 3 saturated heterocycles. The summed E-state index contributed by atoms with van der Waals surface area (Å²) in [7, 11) is 0. The van der Waals surface area contributed by atoms with Crippen molar-refractivity contribution in [3.8, 4) is 5.75 Å². The summed E-state index contributed by atoms with van der Waals surface area (Å²) in [5.74, 6) is 1.22. The number of piperidine rings is 2. The first-order chi connectivity index (χ1) is 19.4. The maximum absolute atomic E-state index is 14.3. The van der Waals surface area contributed by atoms with Crippen LogP contribution in [0.2, 0.25) is 0 Å². The zero-order chi connectivity index (χ0) is 27.8. The molecule has 7 atom stereocenters. The van der Waals surface area contributed by atoms with Gasteiger partial charge < -0.3 is 14.7 Å². The van der Waals surface area contributed by atoms with Gasteiger partial charge in [-0.05, 0) is 88.7 Å². The first-order valence-corrected chi connectivity index (χ1v) is 15.7. The van der Waals surface area contributed by atoms with Crippen molar-refractivity contribution in [3.63, 3.8) is 0 Å². The smallest absolute Gasteiger partial charge is 0.341 e. The van der Waals surface area contributed by atoms with E-state index in [1.54, 1.807) is 24.0 Å². The number of aliphatic carboxylic acids is 1. The number of urea groups is 1. The Bertz CT molecular complexity index is 1080. The van der Waals surface area contributed by atoms with Crippen LogP contribution in [-0.2, 0) is 9.59 Å². The fourth-order valence-electron chi connectivity index (χ4n) is 9.04. The number of rotatable bonds is 7. The van der Waals surface area contributed by atoms with Crippen LogP contribution in [0.25, 0.3) is 0 Å². The van der Waals surface area contributed by atoms with Gasteiger partial charge in [0.25, 0.3) is 0 Å². The van der Waals surface area contributed by atoms with E-state index in [-0.39, 0.29) is 23.9 Å². The Balaban J connectivity index is 1.28. The Labute approximate surface area is 238 Å². The average Bonchev–Trinajstić information content (AvgIpc) is 3.42. The maximum atomic E-state index is 14.3. The van der Waals surface area contributed by atoms with Gasteiger partial charge in [-0.25, -0.2) is 9.59 Å². The van der Waals surface area contributed by atoms with Gasteiger partial charge in [0.05, 0.1) is 6.04 Å². The highest BCUT2D eigenvalue weighted by atomic mass is 16.5. The molecule has 8 heteroatoms. The molecule has 3 heterocycles. The molecule has 218 valence electrons. The van der Waals surface area contributed by atoms with E-state index in [1.807, 2.05) is 17.0 Å². The Kier molecular flexibility index (Phi) is 8.07. The standard InChI is InChI=1S/C32H45N3O5/c1-21(36)30-12-5-13-33(30)32(39)35(26-10-4-11-29(19-26)40-20-31(37)38)28-17-24-8-3-9-25(18-28)34(24)27-15-22-6-2-7-23(14-22)16-27/h4,10-11,19,22-25,27-28,30H,2-3,5-9,12-18,20H2,1H3,(H,37,38)/t22-,23+,24-,25+,27+,28+,30-/m1/s1. The lowest BCUT2D eigenvalue weighted by atomic mass is 9.68. The third-order valence-corrected chi connectivity index (χ3v) is 10.5. The lowest BCUT2D eigenvalue weighted by Crippen LogP contribution is -2.63. The van der Waals surface area contributed by atoms with Crippen molar-refractivity contribution in [2.75, 3.05) is 18.1 Å². The van der Waals surface area contributed by atoms with Crippen molar-refractivity contribution in [3.05, 3.63) is 24.3 Å². The second kappa shape index (κ2) is 11.7. The molecule has 1 aromatic carbocycles. The number of carbonyl (C=O) groups excluding carboxylic acids is 2. The van der Waals surface area contributed by atoms with E-state index in [4.69, 9.17) is 9.84 Å². The molecule has 0 radical (unpaired) electrons. The van der Waals surface area contributed by atoms with Gasteiger partial charge in [0, 0.05) is 42.5 Å². The van der Waals surface area contributed by atoms with Gasteiger partial charge >= 0.3 is 12.0 Å². The number of likely N-dealkylation sites (tertiary alicyclic amines) is 1. The van der Waals surface area contributed by atoms with Gasteiger partial charge in [0.15, 0.2) is 12.4 Å². The second-order valence-electron chi connectivity index (χ2n) is 13.1. The zero-order valence-electron chi connectivity index (χ0n) is 23.9. The monoisotopic (exact) mass is 551 g/mol. The number of carboxylic acids is 1. The molecule has 0 unspecified atom stereocenters. The molecule has 4 bridgehead atoms. The lowest BCUT2D eigenvalue weighted by Gasteiger charge is -2.56. The summed E-state index contributed by atoms with van der Waals surface area (Å²) in [5.41, 5.74) is 0.728. The van der Waals surface area contributed by atoms with Crippen LogP contribution in [0.15, 0.2) is 24.3 Å². The number of anilines is 1. The van der Waals surface area contributed by atoms with Gasteiger partial charge in [-0.15, -0.1) is 0 Å². The maximum Gasteiger partial charge on any atom is 0.341 e. The number of carbonyl (C=O) groups is 3. The molecule has 5 fully saturated rings. The minimum absolute atomic E-state index is 0.0325. The molecule has 2 aliphatic carbocycles. The molecule has 1 N–H and O–H groups in total. The number of hydrogen-bond acceptors (Lipinski definition) is 5. The summed E-state index contributed by atoms with van der Waals surface area (Å²) < 4.78 is 5.50. The van der Waals surface area contributed by atoms with Gasteiger partial charge in [0.1, 0.15) is 5.75 Å². The Morgan fingerprint density at radius 1 is 0.900 bits per heavy atom. The van der Waals surface area contributed by atoms with E-state index in [1.165, 1.54) is 57.8 Å². The van der Waals surface area contributed by atoms with Crippen LogP contribution in [0.5, 0.6) is 5.75 Å². The van der Waals surface area contributed by atoms with Gasteiger partial charge in [-0.2, -0.15) is 0 Å². The van der Waals surface area contributed by atoms with Crippen LogP contribution in [0.3, 0.4) is 0 Å². The number of Topliss-reactive ketones (excluding diaryl/α,β-unsaturated/α-hetero) is 1. The normalized spacial score (nSPS) is 33.8. The largest absolute Gasteiger partial charge is 0.482 e. The van der Waals surface area contributed by atoms with Gasteiger partial charge in [0.2, 0.25) is 0 Å². The molecule has 6 rings (SSSR count). The molecule has 8 nitrogen and oxygen atoms in total. The van der Waals surface area contributed by atoms with E-state index in [9.17, 15) is 14.4 Å². The van der Waals surface area contributed by atoms with Crippen molar-refractivity contribution in [1.82, 2.24) is 9.80 Å². The predicted molar refractivity (Wildman–Crippen MR) is 153 cm³/mol. The van der Waals surface area contributed by atoms with Crippen molar-refractivity contribution < 1.29 is 24.2 Å². The first-order valence-electron chi connectivity index (χ1n) is 15.7. The Hall–Kier alpha value is -2.61. The molecule has 1 aromatic rings. The van der Waals surface area contributed by atoms with Crippen molar-refractivity contribution in [2.45, 2.75) is 121 Å². The Morgan fingerprint density at radius 2 is 1.60 bits per heavy atom. The summed E-state index contributed by atoms with van der Waals surface area (Å²) in [6.07, 6.45) is 15.3. The summed E-state index contributed by atoms with van der Waals surface area (Å²) in [4.78, 5) is 44.5. The first kappa shape index (κ1) is 27.6. The molecule has 5 aliphatic rings. The van der Waals surface area contributed by atoms with Crippen molar-refractivity contribution >= 4 is 23.5 Å². The van der Waals surface area contributed by atoms with Crippen LogP contribution in [0.4, 0.5) is 10.5 Å². The highest BCUT2D eigenvalue weighted by Gasteiger charge is 2.47. The molecule has 2 amide bonds. The molecular weight excluding hydrogens is 506 g/mol. The highest BCUT2D eigenvalue weighted by Crippen LogP contribution is 2.47. The van der Waals surface area contributed by atoms with Gasteiger partial charge in [-0.1, -0.05) is 31.7 Å². The molecule has 40 heavy (non-hydrogen) atoms. The third kappa shape index (κ3) is 5.61. The summed E-state index contributed by atoms with van der Waals surface area (Å²) in [6, 6.07) is 8.48. The summed E-state index contributed by atoms with van der Waals surface area (Å²) >= 11 is 0. The zero-order valence-corrected chi connectivity index (χ0v) is 23.9. The lowest BCUT2D eigenvalue weighted by molar-refractivity contribution is -0.139. The molecule has 3 aliphatic heterocycles. The fourth-order valence-corrected chi connectivity index (χ4v) is 9.04. The molecule has 0 spiro atoms. The third-order valence-electron chi connectivity index (χ3n) is 10.5. The number of ether oxygens (including phenoxy) is 1. The van der Waals surface area contributed by atoms with Crippen LogP contribution in [-0.4, -0.2) is 76.1 Å². The van der Waals surface area contributed by atoms with E-state index in [0.717, 1.165) is 36.8 Å². The number of benzene rings is 1.